The fourth-order valence-electron chi connectivity index (χ4n) is 2.28. The quantitative estimate of drug-likeness (QED) is 0.179. The smallest absolute Gasteiger partial charge is 0.347 e. The van der Waals surface area contributed by atoms with E-state index in [1.807, 2.05) is 0 Å². The van der Waals surface area contributed by atoms with Gasteiger partial charge in [-0.05, 0) is 37.6 Å². The van der Waals surface area contributed by atoms with Gasteiger partial charge >= 0.3 is 17.9 Å². The van der Waals surface area contributed by atoms with Gasteiger partial charge in [0.1, 0.15) is 9.79 Å². The molecule has 0 saturated carbocycles. The molecule has 0 aliphatic heterocycles. The SMILES string of the molecule is CC(=CCCO)C(=O)O.O=C(OC(=O)c1ccccc1S(=O)(=O)O)c1ccccc1S(=O)(=O)O. The molecule has 34 heavy (non-hydrogen) atoms. The molecule has 0 spiro atoms. The van der Waals surface area contributed by atoms with Crippen molar-refractivity contribution in [3.05, 3.63) is 71.3 Å². The van der Waals surface area contributed by atoms with Crippen LogP contribution >= 0.6 is 0 Å². The Morgan fingerprint density at radius 2 is 1.21 bits per heavy atom. The van der Waals surface area contributed by atoms with Crippen LogP contribution in [0.2, 0.25) is 0 Å². The average molecular weight is 517 g/mol. The highest BCUT2D eigenvalue weighted by molar-refractivity contribution is 7.86. The summed E-state index contributed by atoms with van der Waals surface area (Å²) in [6.07, 6.45) is 1.90. The van der Waals surface area contributed by atoms with E-state index in [0.29, 0.717) is 6.42 Å². The third-order valence-corrected chi connectivity index (χ3v) is 5.70. The van der Waals surface area contributed by atoms with Crippen molar-refractivity contribution in [1.82, 2.24) is 0 Å². The van der Waals surface area contributed by atoms with Crippen LogP contribution in [0.25, 0.3) is 0 Å². The molecule has 0 radical (unpaired) electrons. The maximum atomic E-state index is 12.0. The highest BCUT2D eigenvalue weighted by Gasteiger charge is 2.26. The second-order valence-corrected chi connectivity index (χ2v) is 9.10. The normalized spacial score (nSPS) is 11.7. The number of carboxylic acid groups (broad SMARTS) is 1. The number of hydrogen-bond acceptors (Lipinski definition) is 9. The molecule has 2 aromatic rings. The maximum absolute atomic E-state index is 12.0. The highest BCUT2D eigenvalue weighted by atomic mass is 32.2. The number of aliphatic hydroxyl groups is 1. The molecule has 0 fully saturated rings. The molecule has 12 nitrogen and oxygen atoms in total. The van der Waals surface area contributed by atoms with E-state index in [1.54, 1.807) is 0 Å². The monoisotopic (exact) mass is 516 g/mol. The Balaban J connectivity index is 0.000000546. The van der Waals surface area contributed by atoms with Crippen LogP contribution in [0, 0.1) is 0 Å². The lowest BCUT2D eigenvalue weighted by Gasteiger charge is -2.08. The molecule has 2 aromatic carbocycles. The number of hydrogen-bond donors (Lipinski definition) is 4. The largest absolute Gasteiger partial charge is 0.478 e. The fourth-order valence-corrected chi connectivity index (χ4v) is 3.64. The van der Waals surface area contributed by atoms with Gasteiger partial charge in [-0.15, -0.1) is 0 Å². The van der Waals surface area contributed by atoms with Crippen LogP contribution in [0.15, 0.2) is 70.0 Å². The molecule has 0 aromatic heterocycles. The van der Waals surface area contributed by atoms with Gasteiger partial charge in [0.15, 0.2) is 0 Å². The topological polar surface area (TPSA) is 210 Å². The number of carbonyl (C=O) groups is 3. The Labute approximate surface area is 194 Å². The lowest BCUT2D eigenvalue weighted by molar-refractivity contribution is -0.132. The third kappa shape index (κ3) is 8.49. The molecule has 0 saturated heterocycles. The van der Waals surface area contributed by atoms with E-state index in [9.17, 15) is 31.2 Å². The molecule has 0 aliphatic rings. The first-order valence-electron chi connectivity index (χ1n) is 9.10. The summed E-state index contributed by atoms with van der Waals surface area (Å²) in [5.74, 6) is -3.78. The second-order valence-electron chi connectivity index (χ2n) is 6.32. The number of carboxylic acids is 1. The summed E-state index contributed by atoms with van der Waals surface area (Å²) in [6.45, 7) is 1.50. The van der Waals surface area contributed by atoms with E-state index in [-0.39, 0.29) is 12.2 Å². The summed E-state index contributed by atoms with van der Waals surface area (Å²) in [4.78, 5) is 32.5. The van der Waals surface area contributed by atoms with E-state index < -0.39 is 59.1 Å². The van der Waals surface area contributed by atoms with Crippen LogP contribution in [0.4, 0.5) is 0 Å². The molecule has 14 heteroatoms. The molecule has 0 heterocycles. The first-order valence-corrected chi connectivity index (χ1v) is 12.0. The van der Waals surface area contributed by atoms with Gasteiger partial charge in [0.05, 0.1) is 11.1 Å². The summed E-state index contributed by atoms with van der Waals surface area (Å²) < 4.78 is 67.6. The predicted molar refractivity (Wildman–Crippen MR) is 115 cm³/mol. The van der Waals surface area contributed by atoms with E-state index in [1.165, 1.54) is 37.3 Å². The van der Waals surface area contributed by atoms with Gasteiger partial charge in [-0.25, -0.2) is 14.4 Å². The van der Waals surface area contributed by atoms with Gasteiger partial charge in [-0.2, -0.15) is 16.8 Å². The van der Waals surface area contributed by atoms with Crippen LogP contribution < -0.4 is 0 Å². The molecule has 0 bridgehead atoms. The minimum absolute atomic E-state index is 0.00458. The number of benzene rings is 2. The summed E-state index contributed by atoms with van der Waals surface area (Å²) in [5, 5.41) is 16.5. The maximum Gasteiger partial charge on any atom is 0.347 e. The first kappa shape index (κ1) is 28.6. The third-order valence-electron chi connectivity index (χ3n) is 3.87. The van der Waals surface area contributed by atoms with Crippen LogP contribution in [0.5, 0.6) is 0 Å². The van der Waals surface area contributed by atoms with Crippen LogP contribution in [-0.4, -0.2) is 60.7 Å². The van der Waals surface area contributed by atoms with E-state index in [0.717, 1.165) is 24.3 Å². The number of ether oxygens (including phenoxy) is 1. The van der Waals surface area contributed by atoms with Gasteiger partial charge in [-0.3, -0.25) is 9.11 Å². The molecular weight excluding hydrogens is 496 g/mol. The zero-order valence-electron chi connectivity index (χ0n) is 17.5. The molecule has 4 N–H and O–H groups in total. The van der Waals surface area contributed by atoms with Gasteiger partial charge < -0.3 is 14.9 Å². The van der Waals surface area contributed by atoms with Crippen molar-refractivity contribution >= 4 is 38.1 Å². The summed E-state index contributed by atoms with van der Waals surface area (Å²) in [5.41, 5.74) is -0.963. The Morgan fingerprint density at radius 3 is 1.53 bits per heavy atom. The molecule has 184 valence electrons. The molecule has 2 rings (SSSR count). The zero-order chi connectivity index (χ0) is 26.1. The minimum Gasteiger partial charge on any atom is -0.478 e. The number of aliphatic carboxylic acids is 1. The van der Waals surface area contributed by atoms with E-state index in [2.05, 4.69) is 4.74 Å². The van der Waals surface area contributed by atoms with E-state index >= 15 is 0 Å². The second kappa shape index (κ2) is 12.2. The van der Waals surface area contributed by atoms with Gasteiger partial charge in [0.25, 0.3) is 20.2 Å². The zero-order valence-corrected chi connectivity index (χ0v) is 19.1. The van der Waals surface area contributed by atoms with Crippen LogP contribution in [0.1, 0.15) is 34.1 Å². The Morgan fingerprint density at radius 1 is 0.824 bits per heavy atom. The first-order chi connectivity index (χ1) is 15.7. The van der Waals surface area contributed by atoms with Crippen molar-refractivity contribution < 1.29 is 55.3 Å². The number of carbonyl (C=O) groups excluding carboxylic acids is 2. The van der Waals surface area contributed by atoms with Crippen molar-refractivity contribution in [3.8, 4) is 0 Å². The van der Waals surface area contributed by atoms with Crippen LogP contribution in [-0.2, 0) is 29.8 Å². The molecule has 0 unspecified atom stereocenters. The number of rotatable bonds is 7. The van der Waals surface area contributed by atoms with Gasteiger partial charge in [-0.1, -0.05) is 30.3 Å². The number of esters is 2. The van der Waals surface area contributed by atoms with Crippen molar-refractivity contribution in [3.63, 3.8) is 0 Å². The Hall–Kier alpha value is -3.43. The van der Waals surface area contributed by atoms with Crippen molar-refractivity contribution in [2.75, 3.05) is 6.61 Å². The predicted octanol–water partition coefficient (Wildman–Crippen LogP) is 1.58. The van der Waals surface area contributed by atoms with Crippen molar-refractivity contribution in [2.24, 2.45) is 0 Å². The van der Waals surface area contributed by atoms with Gasteiger partial charge in [0.2, 0.25) is 0 Å². The van der Waals surface area contributed by atoms with E-state index in [4.69, 9.17) is 19.3 Å². The minimum atomic E-state index is -4.76. The summed E-state index contributed by atoms with van der Waals surface area (Å²) >= 11 is 0. The summed E-state index contributed by atoms with van der Waals surface area (Å²) in [6, 6.07) is 8.82. The Bertz CT molecular complexity index is 1220. The highest BCUT2D eigenvalue weighted by Crippen LogP contribution is 2.19. The molecule has 0 amide bonds. The molecular formula is C20H20O12S2. The standard InChI is InChI=1S/C14H10O9S2.C6H10O3/c15-13(9-5-1-3-7-11(9)24(17,18)19)23-14(16)10-6-2-4-8-12(10)25(20,21)22;1-5(6(8)9)3-2-4-7/h1-8H,(H,17,18,19)(H,20,21,22);3,7H,2,4H2,1H3,(H,8,9). The van der Waals surface area contributed by atoms with Crippen molar-refractivity contribution in [2.45, 2.75) is 23.1 Å². The van der Waals surface area contributed by atoms with Gasteiger partial charge in [0, 0.05) is 12.2 Å². The number of aliphatic hydroxyl groups excluding tert-OH is 1. The fraction of sp³-hybridized carbons (Fsp3) is 0.150. The summed E-state index contributed by atoms with van der Waals surface area (Å²) in [7, 11) is -9.52. The molecule has 0 aliphatic carbocycles. The molecule has 0 atom stereocenters. The van der Waals surface area contributed by atoms with Crippen molar-refractivity contribution in [1.29, 1.82) is 0 Å². The van der Waals surface area contributed by atoms with Crippen LogP contribution in [0.3, 0.4) is 0 Å². The Kier molecular flexibility index (Phi) is 10.2. The average Bonchev–Trinajstić information content (AvgIpc) is 2.76. The lowest BCUT2D eigenvalue weighted by atomic mass is 10.2. The lowest BCUT2D eigenvalue weighted by Crippen LogP contribution is -2.18.